The highest BCUT2D eigenvalue weighted by Gasteiger charge is 2.18. The highest BCUT2D eigenvalue weighted by Crippen LogP contribution is 2.24. The Morgan fingerprint density at radius 1 is 1.15 bits per heavy atom. The number of hydrogen-bond donors (Lipinski definition) is 1. The van der Waals surface area contributed by atoms with Gasteiger partial charge >= 0.3 is 0 Å². The Morgan fingerprint density at radius 2 is 2.00 bits per heavy atom. The van der Waals surface area contributed by atoms with Crippen LogP contribution in [0.25, 0.3) is 10.2 Å². The van der Waals surface area contributed by atoms with E-state index >= 15 is 0 Å². The molecule has 142 valence electrons. The number of hydrogen-bond acceptors (Lipinski definition) is 6. The van der Waals surface area contributed by atoms with E-state index in [2.05, 4.69) is 74.6 Å². The number of fused-ring (bicyclic) bond motifs is 1. The molecule has 1 aliphatic heterocycles. The van der Waals surface area contributed by atoms with Crippen LogP contribution in [0.4, 0.5) is 11.5 Å². The van der Waals surface area contributed by atoms with E-state index in [1.165, 1.54) is 11.3 Å². The van der Waals surface area contributed by atoms with E-state index in [0.717, 1.165) is 55.2 Å². The predicted molar refractivity (Wildman–Crippen MR) is 115 cm³/mol. The maximum absolute atomic E-state index is 4.43. The first-order chi connectivity index (χ1) is 13.2. The molecule has 0 radical (unpaired) electrons. The van der Waals surface area contributed by atoms with Gasteiger partial charge in [0.05, 0.1) is 5.39 Å². The van der Waals surface area contributed by atoms with Crippen molar-refractivity contribution in [3.63, 3.8) is 0 Å². The van der Waals surface area contributed by atoms with E-state index in [9.17, 15) is 0 Å². The van der Waals surface area contributed by atoms with Crippen molar-refractivity contribution in [2.24, 2.45) is 0 Å². The molecule has 0 amide bonds. The third-order valence-electron chi connectivity index (χ3n) is 5.26. The largest absolute Gasteiger partial charge is 0.369 e. The van der Waals surface area contributed by atoms with Crippen LogP contribution in [-0.4, -0.2) is 53.6 Å². The fraction of sp³-hybridized carbons (Fsp3) is 0.429. The van der Waals surface area contributed by atoms with Crippen molar-refractivity contribution in [3.05, 3.63) is 47.6 Å². The van der Waals surface area contributed by atoms with E-state index in [-0.39, 0.29) is 0 Å². The number of nitrogens with one attached hydrogen (secondary N) is 1. The fourth-order valence-corrected chi connectivity index (χ4v) is 4.37. The summed E-state index contributed by atoms with van der Waals surface area (Å²) in [6.07, 6.45) is 2.76. The van der Waals surface area contributed by atoms with Crippen molar-refractivity contribution >= 4 is 33.1 Å². The van der Waals surface area contributed by atoms with Crippen molar-refractivity contribution in [3.8, 4) is 0 Å². The van der Waals surface area contributed by atoms with E-state index in [1.54, 1.807) is 17.7 Å². The lowest BCUT2D eigenvalue weighted by Crippen LogP contribution is -2.47. The molecule has 1 saturated heterocycles. The number of benzene rings is 1. The summed E-state index contributed by atoms with van der Waals surface area (Å²) in [5.74, 6) is 0.956. The average molecular weight is 382 g/mol. The smallest absolute Gasteiger partial charge is 0.138 e. The van der Waals surface area contributed by atoms with Crippen LogP contribution in [0.1, 0.15) is 18.9 Å². The summed E-state index contributed by atoms with van der Waals surface area (Å²) >= 11 is 1.66. The minimum absolute atomic E-state index is 0.387. The van der Waals surface area contributed by atoms with Gasteiger partial charge in [0, 0.05) is 44.5 Å². The quantitative estimate of drug-likeness (QED) is 0.699. The number of nitrogens with zero attached hydrogens (tertiary/aromatic N) is 4. The molecule has 1 aliphatic rings. The summed E-state index contributed by atoms with van der Waals surface area (Å²) in [6, 6.07) is 11.3. The van der Waals surface area contributed by atoms with Crippen molar-refractivity contribution in [1.82, 2.24) is 14.9 Å². The average Bonchev–Trinajstić information content (AvgIpc) is 3.17. The number of aryl methyl sites for hydroxylation is 1. The Hall–Kier alpha value is -2.18. The Balaban J connectivity index is 1.25. The Kier molecular flexibility index (Phi) is 5.55. The topological polar surface area (TPSA) is 44.3 Å². The molecular formula is C21H27N5S. The molecule has 1 atom stereocenters. The first-order valence-corrected chi connectivity index (χ1v) is 10.6. The first kappa shape index (κ1) is 18.2. The molecule has 2 aromatic heterocycles. The van der Waals surface area contributed by atoms with Crippen molar-refractivity contribution in [1.29, 1.82) is 0 Å². The maximum Gasteiger partial charge on any atom is 0.138 e. The zero-order valence-corrected chi connectivity index (χ0v) is 16.9. The zero-order chi connectivity index (χ0) is 18.6. The van der Waals surface area contributed by atoms with Gasteiger partial charge in [0.2, 0.25) is 0 Å². The number of rotatable bonds is 6. The van der Waals surface area contributed by atoms with Crippen LogP contribution in [0, 0.1) is 6.92 Å². The summed E-state index contributed by atoms with van der Waals surface area (Å²) in [7, 11) is 0. The molecule has 4 rings (SSSR count). The van der Waals surface area contributed by atoms with Gasteiger partial charge < -0.3 is 10.2 Å². The van der Waals surface area contributed by atoms with Gasteiger partial charge in [-0.05, 0) is 49.4 Å². The second kappa shape index (κ2) is 8.23. The first-order valence-electron chi connectivity index (χ1n) is 9.68. The lowest BCUT2D eigenvalue weighted by atomic mass is 10.1. The van der Waals surface area contributed by atoms with Crippen LogP contribution < -0.4 is 10.2 Å². The van der Waals surface area contributed by atoms with E-state index in [1.807, 2.05) is 0 Å². The maximum atomic E-state index is 4.43. The van der Waals surface area contributed by atoms with Crippen LogP contribution in [-0.2, 0) is 0 Å². The SMILES string of the molecule is Cc1cccc(N2CCN(CCC(C)Nc3ncnc4sccc34)CC2)c1. The molecule has 1 unspecified atom stereocenters. The molecule has 0 spiro atoms. The summed E-state index contributed by atoms with van der Waals surface area (Å²) < 4.78 is 0. The normalized spacial score (nSPS) is 16.6. The molecule has 0 saturated carbocycles. The van der Waals surface area contributed by atoms with E-state index in [0.29, 0.717) is 6.04 Å². The van der Waals surface area contributed by atoms with Gasteiger partial charge in [0.1, 0.15) is 17.0 Å². The molecule has 1 aromatic carbocycles. The number of aromatic nitrogens is 2. The number of thiophene rings is 1. The predicted octanol–water partition coefficient (Wildman–Crippen LogP) is 4.01. The van der Waals surface area contributed by atoms with Crippen LogP contribution >= 0.6 is 11.3 Å². The van der Waals surface area contributed by atoms with Gasteiger partial charge in [-0.15, -0.1) is 11.3 Å². The monoisotopic (exact) mass is 381 g/mol. The number of piperazine rings is 1. The molecule has 1 N–H and O–H groups in total. The second-order valence-corrected chi connectivity index (χ2v) is 8.26. The summed E-state index contributed by atoms with van der Waals surface area (Å²) in [5, 5.41) is 6.77. The molecular weight excluding hydrogens is 354 g/mol. The van der Waals surface area contributed by atoms with Gasteiger partial charge in [0.25, 0.3) is 0 Å². The molecule has 0 bridgehead atoms. The van der Waals surface area contributed by atoms with E-state index < -0.39 is 0 Å². The highest BCUT2D eigenvalue weighted by molar-refractivity contribution is 7.16. The molecule has 5 nitrogen and oxygen atoms in total. The van der Waals surface area contributed by atoms with Gasteiger partial charge in [-0.1, -0.05) is 12.1 Å². The lowest BCUT2D eigenvalue weighted by Gasteiger charge is -2.36. The van der Waals surface area contributed by atoms with Crippen molar-refractivity contribution < 1.29 is 0 Å². The van der Waals surface area contributed by atoms with Gasteiger partial charge in [-0.25, -0.2) is 9.97 Å². The minimum atomic E-state index is 0.387. The van der Waals surface area contributed by atoms with Gasteiger partial charge in [0.15, 0.2) is 0 Å². The summed E-state index contributed by atoms with van der Waals surface area (Å²) in [6.45, 7) is 9.98. The van der Waals surface area contributed by atoms with Crippen LogP contribution in [0.15, 0.2) is 42.0 Å². The summed E-state index contributed by atoms with van der Waals surface area (Å²) in [5.41, 5.74) is 2.69. The fourth-order valence-electron chi connectivity index (χ4n) is 3.64. The molecule has 27 heavy (non-hydrogen) atoms. The standard InChI is InChI=1S/C21H27N5S/c1-16-4-3-5-18(14-16)26-11-9-25(10-12-26)8-6-17(2)24-20-19-7-13-27-21(19)23-15-22-20/h3-5,7,13-15,17H,6,8-12H2,1-2H3,(H,22,23,24). The molecule has 6 heteroatoms. The second-order valence-electron chi connectivity index (χ2n) is 7.36. The Morgan fingerprint density at radius 3 is 2.81 bits per heavy atom. The summed E-state index contributed by atoms with van der Waals surface area (Å²) in [4.78, 5) is 14.9. The Labute approximate surface area is 165 Å². The molecule has 1 fully saturated rings. The lowest BCUT2D eigenvalue weighted by molar-refractivity contribution is 0.251. The minimum Gasteiger partial charge on any atom is -0.369 e. The van der Waals surface area contributed by atoms with E-state index in [4.69, 9.17) is 0 Å². The van der Waals surface area contributed by atoms with Crippen LogP contribution in [0.2, 0.25) is 0 Å². The third-order valence-corrected chi connectivity index (χ3v) is 6.08. The van der Waals surface area contributed by atoms with Crippen molar-refractivity contribution in [2.75, 3.05) is 42.9 Å². The van der Waals surface area contributed by atoms with Crippen LogP contribution in [0.5, 0.6) is 0 Å². The number of anilines is 2. The molecule has 0 aliphatic carbocycles. The molecule has 3 aromatic rings. The van der Waals surface area contributed by atoms with Crippen molar-refractivity contribution in [2.45, 2.75) is 26.3 Å². The van der Waals surface area contributed by atoms with Crippen LogP contribution in [0.3, 0.4) is 0 Å². The Bertz CT molecular complexity index is 885. The third kappa shape index (κ3) is 4.39. The molecule has 3 heterocycles. The van der Waals surface area contributed by atoms with Gasteiger partial charge in [-0.3, -0.25) is 4.90 Å². The zero-order valence-electron chi connectivity index (χ0n) is 16.1. The highest BCUT2D eigenvalue weighted by atomic mass is 32.1. The van der Waals surface area contributed by atoms with Gasteiger partial charge in [-0.2, -0.15) is 0 Å².